The lowest BCUT2D eigenvalue weighted by atomic mass is 9.88. The normalized spacial score (nSPS) is 16.9. The van der Waals surface area contributed by atoms with E-state index in [4.69, 9.17) is 0 Å². The molecule has 0 aliphatic carbocycles. The Kier molecular flexibility index (Phi) is 10.3. The maximum Gasteiger partial charge on any atom is -0.00304 e. The van der Waals surface area contributed by atoms with Crippen molar-refractivity contribution < 1.29 is 0 Å². The lowest BCUT2D eigenvalue weighted by molar-refractivity contribution is 0.433. The second-order valence-corrected chi connectivity index (χ2v) is 5.41. The summed E-state index contributed by atoms with van der Waals surface area (Å²) in [5.41, 5.74) is 0. The van der Waals surface area contributed by atoms with Crippen LogP contribution < -0.4 is 0 Å². The molecule has 0 aliphatic heterocycles. The Morgan fingerprint density at radius 3 is 2.24 bits per heavy atom. The summed E-state index contributed by atoms with van der Waals surface area (Å²) in [4.78, 5) is 0. The van der Waals surface area contributed by atoms with Gasteiger partial charge in [-0.3, -0.25) is 0 Å². The van der Waals surface area contributed by atoms with Crippen LogP contribution in [0.4, 0.5) is 0 Å². The van der Waals surface area contributed by atoms with E-state index in [1.807, 2.05) is 0 Å². The Hall–Kier alpha value is -0.520. The summed E-state index contributed by atoms with van der Waals surface area (Å²) in [5, 5.41) is 0. The van der Waals surface area contributed by atoms with Gasteiger partial charge >= 0.3 is 0 Å². The molecule has 0 spiro atoms. The van der Waals surface area contributed by atoms with Crippen LogP contribution in [0.1, 0.15) is 66.2 Å². The van der Waals surface area contributed by atoms with E-state index in [0.29, 0.717) is 11.8 Å². The van der Waals surface area contributed by atoms with Gasteiger partial charge in [0.15, 0.2) is 0 Å². The Morgan fingerprint density at radius 2 is 1.71 bits per heavy atom. The van der Waals surface area contributed by atoms with E-state index in [1.54, 1.807) is 0 Å². The quantitative estimate of drug-likeness (QED) is 0.322. The van der Waals surface area contributed by atoms with Gasteiger partial charge in [0.05, 0.1) is 0 Å². The van der Waals surface area contributed by atoms with Crippen LogP contribution in [-0.2, 0) is 0 Å². The van der Waals surface area contributed by atoms with E-state index < -0.39 is 0 Å². The van der Waals surface area contributed by atoms with Gasteiger partial charge in [-0.1, -0.05) is 78.0 Å². The third-order valence-corrected chi connectivity index (χ3v) is 3.75. The van der Waals surface area contributed by atoms with Gasteiger partial charge in [-0.2, -0.15) is 0 Å². The van der Waals surface area contributed by atoms with Crippen LogP contribution in [0.3, 0.4) is 0 Å². The topological polar surface area (TPSA) is 0 Å². The molecule has 0 bridgehead atoms. The summed E-state index contributed by atoms with van der Waals surface area (Å²) in [6.45, 7) is 13.1. The minimum atomic E-state index is 0.561. The lowest BCUT2D eigenvalue weighted by Crippen LogP contribution is -2.07. The second-order valence-electron chi connectivity index (χ2n) is 5.41. The fraction of sp³-hybridized carbons (Fsp3) is 0.765. The van der Waals surface area contributed by atoms with Crippen LogP contribution in [0.5, 0.6) is 0 Å². The highest BCUT2D eigenvalue weighted by atomic mass is 14.2. The van der Waals surface area contributed by atoms with Crippen LogP contribution >= 0.6 is 0 Å². The molecule has 17 heavy (non-hydrogen) atoms. The van der Waals surface area contributed by atoms with Gasteiger partial charge in [0.1, 0.15) is 0 Å². The Labute approximate surface area is 109 Å². The monoisotopic (exact) mass is 236 g/mol. The van der Waals surface area contributed by atoms with Crippen molar-refractivity contribution in [3.8, 4) is 0 Å². The molecule has 3 unspecified atom stereocenters. The minimum Gasteiger partial charge on any atom is -0.102 e. The largest absolute Gasteiger partial charge is 0.102 e. The predicted octanol–water partition coefficient (Wildman–Crippen LogP) is 6.00. The molecule has 0 heteroatoms. The first-order valence-corrected chi connectivity index (χ1v) is 7.46. The van der Waals surface area contributed by atoms with Crippen LogP contribution in [0.25, 0.3) is 0 Å². The standard InChI is InChI=1S/C17H32/c1-6-9-10-11-12-16(5)17(8-3)14-13-15(4)7-2/h8,13-17H,3,6-7,9-12H2,1-2,4-5H3. The Morgan fingerprint density at radius 1 is 1.00 bits per heavy atom. The molecule has 0 heterocycles. The Balaban J connectivity index is 3.98. The maximum atomic E-state index is 3.98. The molecule has 0 saturated carbocycles. The molecule has 0 saturated heterocycles. The highest BCUT2D eigenvalue weighted by Crippen LogP contribution is 2.22. The molecule has 0 nitrogen and oxygen atoms in total. The molecular weight excluding hydrogens is 204 g/mol. The zero-order valence-electron chi connectivity index (χ0n) is 12.4. The molecule has 0 fully saturated rings. The highest BCUT2D eigenvalue weighted by molar-refractivity contribution is 5.00. The zero-order chi connectivity index (χ0) is 13.1. The third-order valence-electron chi connectivity index (χ3n) is 3.75. The van der Waals surface area contributed by atoms with Crippen molar-refractivity contribution in [2.24, 2.45) is 17.8 Å². The van der Waals surface area contributed by atoms with Gasteiger partial charge < -0.3 is 0 Å². The number of rotatable bonds is 10. The zero-order valence-corrected chi connectivity index (χ0v) is 12.4. The molecule has 0 aromatic heterocycles. The SMILES string of the molecule is C=CC(C=CC(C)CC)C(C)CCCCCC. The van der Waals surface area contributed by atoms with Crippen LogP contribution in [0.2, 0.25) is 0 Å². The third kappa shape index (κ3) is 8.24. The first-order valence-electron chi connectivity index (χ1n) is 7.46. The fourth-order valence-corrected chi connectivity index (χ4v) is 2.04. The van der Waals surface area contributed by atoms with Gasteiger partial charge in [-0.25, -0.2) is 0 Å². The van der Waals surface area contributed by atoms with E-state index in [-0.39, 0.29) is 0 Å². The summed E-state index contributed by atoms with van der Waals surface area (Å²) in [7, 11) is 0. The summed E-state index contributed by atoms with van der Waals surface area (Å²) >= 11 is 0. The summed E-state index contributed by atoms with van der Waals surface area (Å²) in [6.07, 6.45) is 14.9. The van der Waals surface area contributed by atoms with Crippen molar-refractivity contribution in [3.63, 3.8) is 0 Å². The molecule has 100 valence electrons. The highest BCUT2D eigenvalue weighted by Gasteiger charge is 2.10. The first-order chi connectivity index (χ1) is 8.15. The molecule has 3 atom stereocenters. The van der Waals surface area contributed by atoms with E-state index in [9.17, 15) is 0 Å². The Bertz CT molecular complexity index is 202. The van der Waals surface area contributed by atoms with Gasteiger partial charge in [0.25, 0.3) is 0 Å². The van der Waals surface area contributed by atoms with E-state index in [1.165, 1.54) is 38.5 Å². The molecule has 0 amide bonds. The summed E-state index contributed by atoms with van der Waals surface area (Å²) in [6, 6.07) is 0. The fourth-order valence-electron chi connectivity index (χ4n) is 2.04. The van der Waals surface area contributed by atoms with Crippen LogP contribution in [-0.4, -0.2) is 0 Å². The van der Waals surface area contributed by atoms with Crippen LogP contribution in [0, 0.1) is 17.8 Å². The molecule has 0 rings (SSSR count). The molecular formula is C17H32. The minimum absolute atomic E-state index is 0.561. The summed E-state index contributed by atoms with van der Waals surface area (Å²) < 4.78 is 0. The molecule has 0 aromatic carbocycles. The van der Waals surface area contributed by atoms with Crippen molar-refractivity contribution in [1.82, 2.24) is 0 Å². The first kappa shape index (κ1) is 16.5. The number of hydrogen-bond acceptors (Lipinski definition) is 0. The van der Waals surface area contributed by atoms with E-state index in [2.05, 4.69) is 52.5 Å². The number of unbranched alkanes of at least 4 members (excludes halogenated alkanes) is 3. The smallest absolute Gasteiger partial charge is 0.00304 e. The average Bonchev–Trinajstić information content (AvgIpc) is 2.35. The summed E-state index contributed by atoms with van der Waals surface area (Å²) in [5.74, 6) is 2.00. The lowest BCUT2D eigenvalue weighted by Gasteiger charge is -2.17. The van der Waals surface area contributed by atoms with E-state index >= 15 is 0 Å². The van der Waals surface area contributed by atoms with Crippen molar-refractivity contribution in [3.05, 3.63) is 24.8 Å². The average molecular weight is 236 g/mol. The van der Waals surface area contributed by atoms with E-state index in [0.717, 1.165) is 5.92 Å². The number of allylic oxidation sites excluding steroid dienone is 3. The van der Waals surface area contributed by atoms with Crippen molar-refractivity contribution >= 4 is 0 Å². The molecule has 0 aliphatic rings. The maximum absolute atomic E-state index is 3.98. The van der Waals surface area contributed by atoms with Gasteiger partial charge in [0.2, 0.25) is 0 Å². The van der Waals surface area contributed by atoms with Gasteiger partial charge in [-0.05, 0) is 24.2 Å². The van der Waals surface area contributed by atoms with Gasteiger partial charge in [0, 0.05) is 0 Å². The van der Waals surface area contributed by atoms with Crippen molar-refractivity contribution in [1.29, 1.82) is 0 Å². The second kappa shape index (κ2) is 10.6. The predicted molar refractivity (Wildman–Crippen MR) is 80.2 cm³/mol. The molecule has 0 N–H and O–H groups in total. The molecule has 0 aromatic rings. The number of hydrogen-bond donors (Lipinski definition) is 0. The van der Waals surface area contributed by atoms with Gasteiger partial charge in [-0.15, -0.1) is 6.58 Å². The van der Waals surface area contributed by atoms with Crippen LogP contribution in [0.15, 0.2) is 24.8 Å². The van der Waals surface area contributed by atoms with Crippen molar-refractivity contribution in [2.75, 3.05) is 0 Å². The molecule has 0 radical (unpaired) electrons. The van der Waals surface area contributed by atoms with Crippen molar-refractivity contribution in [2.45, 2.75) is 66.2 Å².